The van der Waals surface area contributed by atoms with Crippen LogP contribution in [0.5, 0.6) is 11.6 Å². The number of aromatic nitrogens is 2. The Hall–Kier alpha value is -2.80. The number of benzene rings is 1. The predicted octanol–water partition coefficient (Wildman–Crippen LogP) is 4.60. The first-order valence-electron chi connectivity index (χ1n) is 8.60. The Morgan fingerprint density at radius 3 is 2.78 bits per heavy atom. The van der Waals surface area contributed by atoms with Gasteiger partial charge in [-0.05, 0) is 41.8 Å². The van der Waals surface area contributed by atoms with Gasteiger partial charge in [0.25, 0.3) is 5.91 Å². The summed E-state index contributed by atoms with van der Waals surface area (Å²) in [6.07, 6.45) is 2.47. The van der Waals surface area contributed by atoms with E-state index in [9.17, 15) is 9.18 Å². The smallest absolute Gasteiger partial charge is 0.271 e. The number of thiazole rings is 1. The van der Waals surface area contributed by atoms with Crippen molar-refractivity contribution in [2.24, 2.45) is 5.92 Å². The fraction of sp³-hybridized carbons (Fsp3) is 0.250. The maximum Gasteiger partial charge on any atom is 0.271 e. The van der Waals surface area contributed by atoms with Gasteiger partial charge in [-0.3, -0.25) is 4.79 Å². The summed E-state index contributed by atoms with van der Waals surface area (Å²) in [5.41, 5.74) is 1.28. The lowest BCUT2D eigenvalue weighted by atomic mass is 10.1. The molecule has 140 valence electrons. The topological polar surface area (TPSA) is 64.1 Å². The molecular weight excluding hydrogens is 365 g/mol. The lowest BCUT2D eigenvalue weighted by Crippen LogP contribution is -2.23. The van der Waals surface area contributed by atoms with E-state index < -0.39 is 0 Å². The zero-order chi connectivity index (χ0) is 19.2. The minimum absolute atomic E-state index is 0.209. The normalized spacial score (nSPS) is 10.8. The van der Waals surface area contributed by atoms with E-state index in [2.05, 4.69) is 29.1 Å². The van der Waals surface area contributed by atoms with Crippen LogP contribution in [0.25, 0.3) is 0 Å². The molecule has 0 saturated carbocycles. The Bertz CT molecular complexity index is 910. The van der Waals surface area contributed by atoms with Crippen LogP contribution in [0.1, 0.15) is 34.9 Å². The molecule has 27 heavy (non-hydrogen) atoms. The molecule has 0 spiro atoms. The molecule has 3 rings (SSSR count). The summed E-state index contributed by atoms with van der Waals surface area (Å²) < 4.78 is 18.6. The largest absolute Gasteiger partial charge is 0.439 e. The van der Waals surface area contributed by atoms with E-state index >= 15 is 0 Å². The molecule has 5 nitrogen and oxygen atoms in total. The summed E-state index contributed by atoms with van der Waals surface area (Å²) in [4.78, 5) is 20.8. The molecule has 0 fully saturated rings. The number of rotatable bonds is 7. The summed E-state index contributed by atoms with van der Waals surface area (Å²) in [6.45, 7) is 4.57. The average molecular weight is 385 g/mol. The summed E-state index contributed by atoms with van der Waals surface area (Å²) in [6, 6.07) is 9.23. The fourth-order valence-corrected chi connectivity index (χ4v) is 3.36. The van der Waals surface area contributed by atoms with Gasteiger partial charge in [-0.2, -0.15) is 0 Å². The van der Waals surface area contributed by atoms with Crippen LogP contribution in [-0.4, -0.2) is 15.9 Å². The first-order valence-corrected chi connectivity index (χ1v) is 9.48. The van der Waals surface area contributed by atoms with Crippen LogP contribution in [0, 0.1) is 11.7 Å². The number of hydrogen-bond acceptors (Lipinski definition) is 5. The van der Waals surface area contributed by atoms with Crippen LogP contribution in [0.2, 0.25) is 0 Å². The zero-order valence-electron chi connectivity index (χ0n) is 15.1. The van der Waals surface area contributed by atoms with Gasteiger partial charge in [0, 0.05) is 30.6 Å². The molecule has 0 atom stereocenters. The molecule has 1 amide bonds. The average Bonchev–Trinajstić information content (AvgIpc) is 3.10. The van der Waals surface area contributed by atoms with Crippen molar-refractivity contribution in [3.05, 3.63) is 70.1 Å². The Morgan fingerprint density at radius 1 is 1.26 bits per heavy atom. The van der Waals surface area contributed by atoms with E-state index in [0.29, 0.717) is 29.8 Å². The number of nitrogens with zero attached hydrogens (tertiary/aromatic N) is 2. The highest BCUT2D eigenvalue weighted by atomic mass is 32.1. The Labute approximate surface area is 161 Å². The maximum atomic E-state index is 13.0. The first kappa shape index (κ1) is 19.0. The lowest BCUT2D eigenvalue weighted by Gasteiger charge is -2.07. The Balaban J connectivity index is 1.58. The van der Waals surface area contributed by atoms with Crippen LogP contribution in [0.3, 0.4) is 0 Å². The standard InChI is InChI=1S/C20H20FN3O2S/c1-13(2)9-19-24-17(12-27-19)20(25)23-11-14-7-8-22-18(10-14)26-16-5-3-15(21)4-6-16/h3-8,10,12-13H,9,11H2,1-2H3,(H,23,25). The second-order valence-electron chi connectivity index (χ2n) is 6.47. The molecule has 0 aliphatic carbocycles. The number of halogens is 1. The minimum atomic E-state index is -0.328. The third-order valence-corrected chi connectivity index (χ3v) is 4.53. The molecule has 0 aliphatic rings. The number of ether oxygens (including phenoxy) is 1. The van der Waals surface area contributed by atoms with Gasteiger partial charge >= 0.3 is 0 Å². The molecule has 1 N–H and O–H groups in total. The second kappa shape index (κ2) is 8.73. The minimum Gasteiger partial charge on any atom is -0.439 e. The number of carbonyl (C=O) groups is 1. The third-order valence-electron chi connectivity index (χ3n) is 3.66. The molecule has 7 heteroatoms. The molecule has 0 aliphatic heterocycles. The number of nitrogens with one attached hydrogen (secondary N) is 1. The van der Waals surface area contributed by atoms with E-state index in [1.165, 1.54) is 35.6 Å². The van der Waals surface area contributed by atoms with Gasteiger partial charge in [-0.15, -0.1) is 11.3 Å². The van der Waals surface area contributed by atoms with E-state index in [1.54, 1.807) is 23.7 Å². The molecule has 2 heterocycles. The monoisotopic (exact) mass is 385 g/mol. The van der Waals surface area contributed by atoms with Crippen molar-refractivity contribution in [2.75, 3.05) is 0 Å². The molecule has 2 aromatic heterocycles. The predicted molar refractivity (Wildman–Crippen MR) is 103 cm³/mol. The van der Waals surface area contributed by atoms with Gasteiger partial charge in [0.15, 0.2) is 0 Å². The van der Waals surface area contributed by atoms with Gasteiger partial charge in [0.1, 0.15) is 17.3 Å². The lowest BCUT2D eigenvalue weighted by molar-refractivity contribution is 0.0946. The molecule has 1 aromatic carbocycles. The van der Waals surface area contributed by atoms with Crippen molar-refractivity contribution in [3.8, 4) is 11.6 Å². The zero-order valence-corrected chi connectivity index (χ0v) is 15.9. The van der Waals surface area contributed by atoms with Crippen molar-refractivity contribution in [1.82, 2.24) is 15.3 Å². The highest BCUT2D eigenvalue weighted by molar-refractivity contribution is 7.09. The maximum absolute atomic E-state index is 13.0. The van der Waals surface area contributed by atoms with E-state index in [-0.39, 0.29) is 11.7 Å². The van der Waals surface area contributed by atoms with Crippen LogP contribution >= 0.6 is 11.3 Å². The van der Waals surface area contributed by atoms with Crippen LogP contribution < -0.4 is 10.1 Å². The van der Waals surface area contributed by atoms with Crippen LogP contribution in [0.4, 0.5) is 4.39 Å². The summed E-state index contributed by atoms with van der Waals surface area (Å²) in [7, 11) is 0. The fourth-order valence-electron chi connectivity index (χ4n) is 2.37. The Morgan fingerprint density at radius 2 is 2.04 bits per heavy atom. The van der Waals surface area contributed by atoms with Crippen molar-refractivity contribution in [3.63, 3.8) is 0 Å². The molecule has 0 unspecified atom stereocenters. The van der Waals surface area contributed by atoms with Crippen molar-refractivity contribution in [1.29, 1.82) is 0 Å². The number of amides is 1. The van der Waals surface area contributed by atoms with E-state index in [4.69, 9.17) is 4.74 Å². The molecule has 0 bridgehead atoms. The first-order chi connectivity index (χ1) is 13.0. The highest BCUT2D eigenvalue weighted by Gasteiger charge is 2.11. The summed E-state index contributed by atoms with van der Waals surface area (Å²) in [5.74, 6) is 0.833. The van der Waals surface area contributed by atoms with Gasteiger partial charge in [-0.25, -0.2) is 14.4 Å². The molecular formula is C20H20FN3O2S. The van der Waals surface area contributed by atoms with Gasteiger partial charge in [0.05, 0.1) is 5.01 Å². The Kier molecular flexibility index (Phi) is 6.13. The van der Waals surface area contributed by atoms with Crippen LogP contribution in [0.15, 0.2) is 48.0 Å². The van der Waals surface area contributed by atoms with E-state index in [0.717, 1.165) is 17.0 Å². The molecule has 0 saturated heterocycles. The van der Waals surface area contributed by atoms with E-state index in [1.807, 2.05) is 0 Å². The SMILES string of the molecule is CC(C)Cc1nc(C(=O)NCc2ccnc(Oc3ccc(F)cc3)c2)cs1. The van der Waals surface area contributed by atoms with Crippen molar-refractivity contribution < 1.29 is 13.9 Å². The van der Waals surface area contributed by atoms with Crippen LogP contribution in [-0.2, 0) is 13.0 Å². The number of pyridine rings is 1. The molecule has 0 radical (unpaired) electrons. The van der Waals surface area contributed by atoms with Gasteiger partial charge in [0.2, 0.25) is 5.88 Å². The third kappa shape index (κ3) is 5.59. The number of carbonyl (C=O) groups excluding carboxylic acids is 1. The quantitative estimate of drug-likeness (QED) is 0.646. The number of hydrogen-bond donors (Lipinski definition) is 1. The summed E-state index contributed by atoms with van der Waals surface area (Å²) >= 11 is 1.50. The van der Waals surface area contributed by atoms with Crippen molar-refractivity contribution >= 4 is 17.2 Å². The highest BCUT2D eigenvalue weighted by Crippen LogP contribution is 2.20. The second-order valence-corrected chi connectivity index (χ2v) is 7.41. The van der Waals surface area contributed by atoms with Crippen molar-refractivity contribution in [2.45, 2.75) is 26.8 Å². The van der Waals surface area contributed by atoms with Gasteiger partial charge < -0.3 is 10.1 Å². The van der Waals surface area contributed by atoms with Gasteiger partial charge in [-0.1, -0.05) is 13.8 Å². The molecule has 3 aromatic rings. The summed E-state index contributed by atoms with van der Waals surface area (Å²) in [5, 5.41) is 5.60.